The quantitative estimate of drug-likeness (QED) is 0.713. The van der Waals surface area contributed by atoms with Crippen molar-refractivity contribution in [2.45, 2.75) is 32.2 Å². The number of aromatic nitrogens is 3. The summed E-state index contributed by atoms with van der Waals surface area (Å²) in [6.07, 6.45) is 1.27. The molecular formula is C21H24N4O. The fourth-order valence-corrected chi connectivity index (χ4v) is 3.01. The molecule has 1 unspecified atom stereocenters. The molecule has 1 aromatic heterocycles. The number of rotatable bonds is 7. The van der Waals surface area contributed by atoms with Crippen molar-refractivity contribution in [2.75, 3.05) is 0 Å². The van der Waals surface area contributed by atoms with Crippen molar-refractivity contribution in [1.29, 1.82) is 0 Å². The first kappa shape index (κ1) is 17.9. The van der Waals surface area contributed by atoms with E-state index in [0.717, 1.165) is 18.1 Å². The van der Waals surface area contributed by atoms with Crippen LogP contribution in [0.25, 0.3) is 0 Å². The van der Waals surface area contributed by atoms with Crippen LogP contribution in [0.2, 0.25) is 0 Å². The van der Waals surface area contributed by atoms with Crippen molar-refractivity contribution in [3.05, 3.63) is 83.4 Å². The number of nitrogens with one attached hydrogen (secondary N) is 1. The van der Waals surface area contributed by atoms with Gasteiger partial charge < -0.3 is 9.88 Å². The lowest BCUT2D eigenvalue weighted by atomic mass is 9.89. The first-order valence-corrected chi connectivity index (χ1v) is 8.84. The predicted octanol–water partition coefficient (Wildman–Crippen LogP) is 3.16. The summed E-state index contributed by atoms with van der Waals surface area (Å²) in [5.41, 5.74) is 2.42. The summed E-state index contributed by atoms with van der Waals surface area (Å²) in [5, 5.41) is 11.1. The van der Waals surface area contributed by atoms with Crippen LogP contribution in [0.5, 0.6) is 0 Å². The molecule has 5 nitrogen and oxygen atoms in total. The first-order chi connectivity index (χ1) is 12.6. The summed E-state index contributed by atoms with van der Waals surface area (Å²) in [6, 6.07) is 20.5. The average molecular weight is 348 g/mol. The summed E-state index contributed by atoms with van der Waals surface area (Å²) in [6.45, 7) is 2.28. The third-order valence-electron chi connectivity index (χ3n) is 4.65. The van der Waals surface area contributed by atoms with Crippen molar-refractivity contribution in [2.24, 2.45) is 7.05 Å². The normalized spacial score (nSPS) is 11.9. The molecule has 0 saturated heterocycles. The van der Waals surface area contributed by atoms with Gasteiger partial charge in [-0.2, -0.15) is 0 Å². The highest BCUT2D eigenvalue weighted by molar-refractivity contribution is 5.76. The molecule has 0 bridgehead atoms. The highest BCUT2D eigenvalue weighted by Crippen LogP contribution is 2.24. The first-order valence-electron chi connectivity index (χ1n) is 8.84. The van der Waals surface area contributed by atoms with Gasteiger partial charge in [0.2, 0.25) is 5.91 Å². The molecule has 1 N–H and O–H groups in total. The van der Waals surface area contributed by atoms with E-state index in [-0.39, 0.29) is 11.8 Å². The maximum absolute atomic E-state index is 12.5. The highest BCUT2D eigenvalue weighted by Gasteiger charge is 2.17. The van der Waals surface area contributed by atoms with Crippen LogP contribution in [-0.2, 0) is 24.8 Å². The lowest BCUT2D eigenvalue weighted by Gasteiger charge is -2.17. The molecule has 1 heterocycles. The van der Waals surface area contributed by atoms with Crippen LogP contribution in [0.4, 0.5) is 0 Å². The maximum Gasteiger partial charge on any atom is 0.220 e. The molecule has 0 radical (unpaired) electrons. The van der Waals surface area contributed by atoms with E-state index < -0.39 is 0 Å². The van der Waals surface area contributed by atoms with Gasteiger partial charge in [-0.3, -0.25) is 4.79 Å². The average Bonchev–Trinajstić information content (AvgIpc) is 2.99. The van der Waals surface area contributed by atoms with Gasteiger partial charge >= 0.3 is 0 Å². The Morgan fingerprint density at radius 2 is 1.69 bits per heavy atom. The zero-order chi connectivity index (χ0) is 18.4. The van der Waals surface area contributed by atoms with Crippen LogP contribution in [0.3, 0.4) is 0 Å². The van der Waals surface area contributed by atoms with E-state index in [0.29, 0.717) is 13.0 Å². The minimum atomic E-state index is 0.0236. The second kappa shape index (κ2) is 8.43. The van der Waals surface area contributed by atoms with Gasteiger partial charge in [-0.05, 0) is 30.4 Å². The van der Waals surface area contributed by atoms with E-state index in [4.69, 9.17) is 0 Å². The van der Waals surface area contributed by atoms with Crippen LogP contribution < -0.4 is 5.32 Å². The van der Waals surface area contributed by atoms with Gasteiger partial charge in [0, 0.05) is 13.5 Å². The Morgan fingerprint density at radius 1 is 1.04 bits per heavy atom. The van der Waals surface area contributed by atoms with E-state index in [1.165, 1.54) is 11.1 Å². The summed E-state index contributed by atoms with van der Waals surface area (Å²) < 4.78 is 1.89. The fourth-order valence-electron chi connectivity index (χ4n) is 3.01. The Kier molecular flexibility index (Phi) is 5.79. The largest absolute Gasteiger partial charge is 0.349 e. The van der Waals surface area contributed by atoms with Crippen molar-refractivity contribution in [1.82, 2.24) is 20.1 Å². The zero-order valence-electron chi connectivity index (χ0n) is 15.2. The number of carbonyl (C=O) groups excluding carboxylic acids is 1. The van der Waals surface area contributed by atoms with Gasteiger partial charge in [0.15, 0.2) is 5.82 Å². The molecule has 3 rings (SSSR count). The monoisotopic (exact) mass is 348 g/mol. The van der Waals surface area contributed by atoms with Gasteiger partial charge in [-0.25, -0.2) is 0 Å². The van der Waals surface area contributed by atoms with Crippen LogP contribution in [0, 0.1) is 6.92 Å². The third kappa shape index (κ3) is 4.57. The third-order valence-corrected chi connectivity index (χ3v) is 4.65. The standard InChI is InChI=1S/C21H24N4O/c1-16-23-24-20(25(16)2)15-22-21(26)14-19(18-11-7-4-8-12-18)13-17-9-5-3-6-10-17/h3-12,19H,13-15H2,1-2H3,(H,22,26). The molecule has 0 spiro atoms. The molecule has 5 heteroatoms. The number of amides is 1. The smallest absolute Gasteiger partial charge is 0.220 e. The zero-order valence-corrected chi connectivity index (χ0v) is 15.2. The Morgan fingerprint density at radius 3 is 2.31 bits per heavy atom. The molecule has 0 fully saturated rings. The molecule has 0 saturated carbocycles. The van der Waals surface area contributed by atoms with Gasteiger partial charge in [0.05, 0.1) is 6.54 Å². The molecule has 2 aromatic carbocycles. The summed E-state index contributed by atoms with van der Waals surface area (Å²) in [7, 11) is 1.90. The molecule has 1 atom stereocenters. The van der Waals surface area contributed by atoms with E-state index in [2.05, 4.69) is 39.8 Å². The molecule has 26 heavy (non-hydrogen) atoms. The lowest BCUT2D eigenvalue weighted by molar-refractivity contribution is -0.121. The SMILES string of the molecule is Cc1nnc(CNC(=O)CC(Cc2ccccc2)c2ccccc2)n1C. The Hall–Kier alpha value is -2.95. The molecular weight excluding hydrogens is 324 g/mol. The second-order valence-electron chi connectivity index (χ2n) is 6.50. The lowest BCUT2D eigenvalue weighted by Crippen LogP contribution is -2.26. The second-order valence-corrected chi connectivity index (χ2v) is 6.50. The number of aryl methyl sites for hydroxylation is 1. The maximum atomic E-state index is 12.5. The van der Waals surface area contributed by atoms with Crippen LogP contribution in [-0.4, -0.2) is 20.7 Å². The highest BCUT2D eigenvalue weighted by atomic mass is 16.1. The Labute approximate surface area is 154 Å². The van der Waals surface area contributed by atoms with Crippen LogP contribution >= 0.6 is 0 Å². The summed E-state index contributed by atoms with van der Waals surface area (Å²) in [5.74, 6) is 1.76. The van der Waals surface area contributed by atoms with Crippen molar-refractivity contribution < 1.29 is 4.79 Å². The number of benzene rings is 2. The molecule has 0 aliphatic heterocycles. The van der Waals surface area contributed by atoms with Crippen molar-refractivity contribution >= 4 is 5.91 Å². The number of carbonyl (C=O) groups is 1. The van der Waals surface area contributed by atoms with Crippen LogP contribution in [0.1, 0.15) is 35.1 Å². The summed E-state index contributed by atoms with van der Waals surface area (Å²) in [4.78, 5) is 12.5. The van der Waals surface area contributed by atoms with Gasteiger partial charge in [0.1, 0.15) is 5.82 Å². The molecule has 1 amide bonds. The Balaban J connectivity index is 1.67. The van der Waals surface area contributed by atoms with E-state index in [1.807, 2.05) is 54.9 Å². The minimum Gasteiger partial charge on any atom is -0.349 e. The van der Waals surface area contributed by atoms with Gasteiger partial charge in [0.25, 0.3) is 0 Å². The molecule has 3 aromatic rings. The van der Waals surface area contributed by atoms with E-state index >= 15 is 0 Å². The predicted molar refractivity (Wildman–Crippen MR) is 102 cm³/mol. The van der Waals surface area contributed by atoms with E-state index in [1.54, 1.807) is 0 Å². The molecule has 0 aliphatic rings. The van der Waals surface area contributed by atoms with Crippen LogP contribution in [0.15, 0.2) is 60.7 Å². The number of nitrogens with zero attached hydrogens (tertiary/aromatic N) is 3. The van der Waals surface area contributed by atoms with Crippen molar-refractivity contribution in [3.8, 4) is 0 Å². The minimum absolute atomic E-state index is 0.0236. The topological polar surface area (TPSA) is 59.8 Å². The van der Waals surface area contributed by atoms with E-state index in [9.17, 15) is 4.79 Å². The molecule has 134 valence electrons. The number of hydrogen-bond donors (Lipinski definition) is 1. The molecule has 0 aliphatic carbocycles. The van der Waals surface area contributed by atoms with Gasteiger partial charge in [-0.15, -0.1) is 10.2 Å². The summed E-state index contributed by atoms with van der Waals surface area (Å²) >= 11 is 0. The Bertz CT molecular complexity index is 843. The fraction of sp³-hybridized carbons (Fsp3) is 0.286. The number of hydrogen-bond acceptors (Lipinski definition) is 3. The van der Waals surface area contributed by atoms with Gasteiger partial charge in [-0.1, -0.05) is 60.7 Å². The van der Waals surface area contributed by atoms with Crippen molar-refractivity contribution in [3.63, 3.8) is 0 Å².